The van der Waals surface area contributed by atoms with Crippen LogP contribution in [-0.2, 0) is 38.1 Å². The van der Waals surface area contributed by atoms with Gasteiger partial charge >= 0.3 is 23.9 Å². The second-order valence-corrected chi connectivity index (χ2v) is 7.39. The van der Waals surface area contributed by atoms with Crippen molar-refractivity contribution in [1.82, 2.24) is 10.6 Å². The molecule has 0 aliphatic carbocycles. The highest BCUT2D eigenvalue weighted by Crippen LogP contribution is 2.13. The van der Waals surface area contributed by atoms with Crippen LogP contribution >= 0.6 is 0 Å². The summed E-state index contributed by atoms with van der Waals surface area (Å²) in [5, 5.41) is 5.10. The predicted molar refractivity (Wildman–Crippen MR) is 120 cm³/mol. The van der Waals surface area contributed by atoms with Crippen LogP contribution in [-0.4, -0.2) is 74.2 Å². The minimum Gasteiger partial charge on any atom is -0.464 e. The molecule has 4 N–H and O–H groups in total. The molecule has 0 saturated heterocycles. The molecule has 1 aromatic carbocycles. The maximum absolute atomic E-state index is 12.8. The molecule has 0 aliphatic heterocycles. The number of benzene rings is 1. The topological polar surface area (TPSA) is 189 Å². The molecule has 0 atom stereocenters. The second-order valence-electron chi connectivity index (χ2n) is 7.39. The van der Waals surface area contributed by atoms with Crippen LogP contribution in [0.3, 0.4) is 0 Å². The lowest BCUT2D eigenvalue weighted by molar-refractivity contribution is -0.146. The number of hydrogen-bond acceptors (Lipinski definition) is 11. The Labute approximate surface area is 201 Å². The SMILES string of the molecule is CC(=O)OCC(COC(C)=O)NC(=O)c1cc(N)cc(C(=O)NC(COC(C)=O)COC(C)=O)c1. The number of carbonyl (C=O) groups is 6. The fourth-order valence-corrected chi connectivity index (χ4v) is 2.59. The normalized spacial score (nSPS) is 10.3. The zero-order valence-corrected chi connectivity index (χ0v) is 19.9. The average Bonchev–Trinajstić information content (AvgIpc) is 2.76. The van der Waals surface area contributed by atoms with Crippen molar-refractivity contribution in [3.8, 4) is 0 Å². The van der Waals surface area contributed by atoms with Gasteiger partial charge in [0, 0.05) is 44.5 Å². The van der Waals surface area contributed by atoms with Crippen molar-refractivity contribution in [2.45, 2.75) is 39.8 Å². The largest absolute Gasteiger partial charge is 0.464 e. The molecule has 0 heterocycles. The molecule has 0 spiro atoms. The van der Waals surface area contributed by atoms with Gasteiger partial charge in [0.15, 0.2) is 0 Å². The summed E-state index contributed by atoms with van der Waals surface area (Å²) in [6.45, 7) is 3.73. The van der Waals surface area contributed by atoms with E-state index in [1.807, 2.05) is 0 Å². The molecule has 0 saturated carbocycles. The van der Waals surface area contributed by atoms with E-state index in [-0.39, 0.29) is 43.2 Å². The van der Waals surface area contributed by atoms with Crippen molar-refractivity contribution in [3.05, 3.63) is 29.3 Å². The molecule has 2 amide bonds. The van der Waals surface area contributed by atoms with Gasteiger partial charge in [-0.25, -0.2) is 0 Å². The zero-order chi connectivity index (χ0) is 26.5. The Hall–Kier alpha value is -4.16. The summed E-state index contributed by atoms with van der Waals surface area (Å²) < 4.78 is 19.5. The third-order valence-corrected chi connectivity index (χ3v) is 4.10. The number of carbonyl (C=O) groups excluding carboxylic acids is 6. The van der Waals surface area contributed by atoms with Crippen molar-refractivity contribution in [3.63, 3.8) is 0 Å². The van der Waals surface area contributed by atoms with Crippen molar-refractivity contribution in [2.24, 2.45) is 0 Å². The summed E-state index contributed by atoms with van der Waals surface area (Å²) in [4.78, 5) is 69.9. The molecule has 0 unspecified atom stereocenters. The van der Waals surface area contributed by atoms with Crippen molar-refractivity contribution in [1.29, 1.82) is 0 Å². The van der Waals surface area contributed by atoms with E-state index in [2.05, 4.69) is 10.6 Å². The lowest BCUT2D eigenvalue weighted by atomic mass is 10.1. The molecule has 0 fully saturated rings. The Morgan fingerprint density at radius 2 is 0.914 bits per heavy atom. The third kappa shape index (κ3) is 12.0. The van der Waals surface area contributed by atoms with Gasteiger partial charge in [0.1, 0.15) is 26.4 Å². The Bertz CT molecular complexity index is 855. The molecule has 0 aliphatic rings. The minimum absolute atomic E-state index is 0.00215. The predicted octanol–water partition coefficient (Wildman–Crippen LogP) is -0.282. The van der Waals surface area contributed by atoms with E-state index in [4.69, 9.17) is 24.7 Å². The average molecular weight is 495 g/mol. The number of nitrogen functional groups attached to an aromatic ring is 1. The van der Waals surface area contributed by atoms with Gasteiger partial charge in [-0.2, -0.15) is 0 Å². The first-order valence-corrected chi connectivity index (χ1v) is 10.4. The van der Waals surface area contributed by atoms with Gasteiger partial charge in [-0.15, -0.1) is 0 Å². The molecular formula is C22H29N3O10. The smallest absolute Gasteiger partial charge is 0.302 e. The molecule has 0 aromatic heterocycles. The van der Waals surface area contributed by atoms with E-state index < -0.39 is 47.8 Å². The van der Waals surface area contributed by atoms with Crippen LogP contribution in [0, 0.1) is 0 Å². The molecule has 35 heavy (non-hydrogen) atoms. The lowest BCUT2D eigenvalue weighted by Gasteiger charge is -2.19. The lowest BCUT2D eigenvalue weighted by Crippen LogP contribution is -2.43. The molecule has 0 radical (unpaired) electrons. The van der Waals surface area contributed by atoms with Gasteiger partial charge in [-0.05, 0) is 18.2 Å². The number of amides is 2. The summed E-state index contributed by atoms with van der Waals surface area (Å²) in [6, 6.07) is 2.17. The van der Waals surface area contributed by atoms with E-state index in [9.17, 15) is 28.8 Å². The Morgan fingerprint density at radius 3 is 1.17 bits per heavy atom. The van der Waals surface area contributed by atoms with Crippen LogP contribution in [0.5, 0.6) is 0 Å². The van der Waals surface area contributed by atoms with Gasteiger partial charge in [0.2, 0.25) is 0 Å². The van der Waals surface area contributed by atoms with Crippen LogP contribution in [0.15, 0.2) is 18.2 Å². The van der Waals surface area contributed by atoms with E-state index >= 15 is 0 Å². The highest BCUT2D eigenvalue weighted by Gasteiger charge is 2.21. The van der Waals surface area contributed by atoms with Crippen LogP contribution in [0.25, 0.3) is 0 Å². The first-order valence-electron chi connectivity index (χ1n) is 10.4. The standard InChI is InChI=1S/C22H29N3O10/c1-12(26)32-8-19(9-33-13(2)27)24-21(30)16-5-17(7-18(23)6-16)22(31)25-20(10-34-14(3)28)11-35-15(4)29/h5-7,19-20H,8-11,23H2,1-4H3,(H,24,30)(H,25,31). The molecule has 1 rings (SSSR count). The zero-order valence-electron chi connectivity index (χ0n) is 19.9. The number of esters is 4. The maximum Gasteiger partial charge on any atom is 0.302 e. The minimum atomic E-state index is -0.856. The third-order valence-electron chi connectivity index (χ3n) is 4.10. The highest BCUT2D eigenvalue weighted by molar-refractivity contribution is 6.01. The van der Waals surface area contributed by atoms with Gasteiger partial charge in [-0.1, -0.05) is 0 Å². The monoisotopic (exact) mass is 495 g/mol. The van der Waals surface area contributed by atoms with Crippen molar-refractivity contribution in [2.75, 3.05) is 32.2 Å². The van der Waals surface area contributed by atoms with Gasteiger partial charge in [0.25, 0.3) is 11.8 Å². The van der Waals surface area contributed by atoms with E-state index in [1.54, 1.807) is 0 Å². The molecule has 1 aromatic rings. The van der Waals surface area contributed by atoms with Crippen molar-refractivity contribution < 1.29 is 47.7 Å². The fourth-order valence-electron chi connectivity index (χ4n) is 2.59. The number of anilines is 1. The molecular weight excluding hydrogens is 466 g/mol. The summed E-state index contributed by atoms with van der Waals surface area (Å²) in [6.07, 6.45) is 0. The summed E-state index contributed by atoms with van der Waals surface area (Å²) >= 11 is 0. The molecule has 192 valence electrons. The Balaban J connectivity index is 3.00. The second kappa shape index (κ2) is 14.2. The highest BCUT2D eigenvalue weighted by atomic mass is 16.6. The number of nitrogens with one attached hydrogen (secondary N) is 2. The summed E-state index contributed by atoms with van der Waals surface area (Å²) in [7, 11) is 0. The van der Waals surface area contributed by atoms with E-state index in [0.717, 1.165) is 0 Å². The molecule has 0 bridgehead atoms. The maximum atomic E-state index is 12.8. The van der Waals surface area contributed by atoms with Crippen LogP contribution in [0.4, 0.5) is 5.69 Å². The molecule has 13 nitrogen and oxygen atoms in total. The fraction of sp³-hybridized carbons (Fsp3) is 0.455. The van der Waals surface area contributed by atoms with Crippen molar-refractivity contribution >= 4 is 41.4 Å². The van der Waals surface area contributed by atoms with Crippen LogP contribution in [0.1, 0.15) is 48.4 Å². The number of rotatable bonds is 12. The Morgan fingerprint density at radius 1 is 0.629 bits per heavy atom. The van der Waals surface area contributed by atoms with E-state index in [1.165, 1.54) is 45.9 Å². The Kier molecular flexibility index (Phi) is 11.7. The first kappa shape index (κ1) is 28.9. The number of nitrogens with two attached hydrogens (primary N) is 1. The van der Waals surface area contributed by atoms with Gasteiger partial charge in [0.05, 0.1) is 12.1 Å². The molecule has 13 heteroatoms. The van der Waals surface area contributed by atoms with Crippen LogP contribution < -0.4 is 16.4 Å². The van der Waals surface area contributed by atoms with Gasteiger partial charge in [-0.3, -0.25) is 28.8 Å². The number of ether oxygens (including phenoxy) is 4. The quantitative estimate of drug-likeness (QED) is 0.196. The summed E-state index contributed by atoms with van der Waals surface area (Å²) in [5.41, 5.74) is 5.95. The number of hydrogen-bond donors (Lipinski definition) is 3. The summed E-state index contributed by atoms with van der Waals surface area (Å²) in [5.74, 6) is -3.71. The first-order chi connectivity index (χ1) is 16.4. The van der Waals surface area contributed by atoms with E-state index in [0.29, 0.717) is 0 Å². The van der Waals surface area contributed by atoms with Crippen LogP contribution in [0.2, 0.25) is 0 Å². The van der Waals surface area contributed by atoms with Gasteiger partial charge < -0.3 is 35.3 Å².